The molecule has 3 atom stereocenters. The van der Waals surface area contributed by atoms with Gasteiger partial charge in [-0.25, -0.2) is 0 Å². The molecule has 0 aliphatic carbocycles. The van der Waals surface area contributed by atoms with E-state index in [1.165, 1.54) is 45.1 Å². The van der Waals surface area contributed by atoms with Crippen LogP contribution >= 0.6 is 11.8 Å². The van der Waals surface area contributed by atoms with Crippen molar-refractivity contribution < 1.29 is 0 Å². The van der Waals surface area contributed by atoms with Crippen molar-refractivity contribution in [1.82, 2.24) is 5.32 Å². The SMILES string of the molecule is CCCC[C@H](CC)C(CNC)CC(CC)SC. The van der Waals surface area contributed by atoms with Crippen LogP contribution in [-0.4, -0.2) is 25.1 Å². The highest BCUT2D eigenvalue weighted by Crippen LogP contribution is 2.29. The Labute approximate surface area is 114 Å². The van der Waals surface area contributed by atoms with Crippen molar-refractivity contribution in [3.8, 4) is 0 Å². The predicted octanol–water partition coefficient (Wildman–Crippen LogP) is 4.57. The Hall–Kier alpha value is 0.310. The Morgan fingerprint density at radius 1 is 1.06 bits per heavy atom. The van der Waals surface area contributed by atoms with E-state index in [-0.39, 0.29) is 0 Å². The van der Waals surface area contributed by atoms with Crippen LogP contribution in [0.15, 0.2) is 0 Å². The molecule has 0 aliphatic heterocycles. The third-order valence-corrected chi connectivity index (χ3v) is 5.13. The van der Waals surface area contributed by atoms with Gasteiger partial charge in [0.25, 0.3) is 0 Å². The second-order valence-corrected chi connectivity index (χ2v) is 6.27. The molecule has 0 aromatic heterocycles. The van der Waals surface area contributed by atoms with Crippen LogP contribution in [0.3, 0.4) is 0 Å². The number of nitrogens with one attached hydrogen (secondary N) is 1. The van der Waals surface area contributed by atoms with Gasteiger partial charge in [0, 0.05) is 5.25 Å². The van der Waals surface area contributed by atoms with Crippen LogP contribution < -0.4 is 5.32 Å². The summed E-state index contributed by atoms with van der Waals surface area (Å²) in [5, 5.41) is 4.25. The number of hydrogen-bond donors (Lipinski definition) is 1. The van der Waals surface area contributed by atoms with E-state index >= 15 is 0 Å². The van der Waals surface area contributed by atoms with E-state index in [0.29, 0.717) is 0 Å². The first-order valence-corrected chi connectivity index (χ1v) is 8.69. The molecule has 0 saturated carbocycles. The molecule has 0 fully saturated rings. The van der Waals surface area contributed by atoms with Gasteiger partial charge in [-0.3, -0.25) is 0 Å². The molecule has 0 rings (SSSR count). The Kier molecular flexibility index (Phi) is 11.6. The lowest BCUT2D eigenvalue weighted by molar-refractivity contribution is 0.272. The van der Waals surface area contributed by atoms with Crippen molar-refractivity contribution in [2.75, 3.05) is 19.8 Å². The van der Waals surface area contributed by atoms with E-state index in [2.05, 4.69) is 39.4 Å². The minimum atomic E-state index is 0.851. The molecule has 1 N–H and O–H groups in total. The van der Waals surface area contributed by atoms with Gasteiger partial charge < -0.3 is 5.32 Å². The summed E-state index contributed by atoms with van der Waals surface area (Å²) < 4.78 is 0. The largest absolute Gasteiger partial charge is 0.319 e. The van der Waals surface area contributed by atoms with Crippen LogP contribution in [0, 0.1) is 11.8 Å². The van der Waals surface area contributed by atoms with Crippen molar-refractivity contribution in [3.05, 3.63) is 0 Å². The van der Waals surface area contributed by atoms with E-state index < -0.39 is 0 Å². The van der Waals surface area contributed by atoms with Crippen molar-refractivity contribution in [1.29, 1.82) is 0 Å². The van der Waals surface area contributed by atoms with E-state index in [9.17, 15) is 0 Å². The standard InChI is InChI=1S/C15H33NS/c1-6-9-10-13(7-2)14(12-16-4)11-15(8-3)17-5/h13-16H,6-12H2,1-5H3/t13-,14?,15?/m0/s1. The summed E-state index contributed by atoms with van der Waals surface area (Å²) in [6.45, 7) is 8.18. The Morgan fingerprint density at radius 2 is 1.76 bits per heavy atom. The molecule has 0 saturated heterocycles. The fraction of sp³-hybridized carbons (Fsp3) is 1.00. The van der Waals surface area contributed by atoms with Crippen LogP contribution in [0.4, 0.5) is 0 Å². The van der Waals surface area contributed by atoms with Crippen molar-refractivity contribution in [3.63, 3.8) is 0 Å². The third-order valence-electron chi connectivity index (χ3n) is 3.94. The molecular formula is C15H33NS. The van der Waals surface area contributed by atoms with Gasteiger partial charge >= 0.3 is 0 Å². The molecule has 2 heteroatoms. The normalized spacial score (nSPS) is 16.8. The Morgan fingerprint density at radius 3 is 2.18 bits per heavy atom. The number of thioether (sulfide) groups is 1. The molecule has 104 valence electrons. The molecule has 0 amide bonds. The molecule has 17 heavy (non-hydrogen) atoms. The van der Waals surface area contributed by atoms with E-state index in [1.54, 1.807) is 0 Å². The monoisotopic (exact) mass is 259 g/mol. The maximum atomic E-state index is 3.40. The number of rotatable bonds is 11. The molecule has 0 heterocycles. The fourth-order valence-corrected chi connectivity index (χ4v) is 3.48. The summed E-state index contributed by atoms with van der Waals surface area (Å²) in [6, 6.07) is 0. The van der Waals surface area contributed by atoms with E-state index in [0.717, 1.165) is 17.1 Å². The average Bonchev–Trinajstić information content (AvgIpc) is 2.36. The van der Waals surface area contributed by atoms with Crippen LogP contribution in [-0.2, 0) is 0 Å². The van der Waals surface area contributed by atoms with Crippen molar-refractivity contribution in [2.24, 2.45) is 11.8 Å². The van der Waals surface area contributed by atoms with Gasteiger partial charge in [0.2, 0.25) is 0 Å². The highest BCUT2D eigenvalue weighted by Gasteiger charge is 2.21. The zero-order valence-electron chi connectivity index (χ0n) is 12.6. The molecule has 2 unspecified atom stereocenters. The third kappa shape index (κ3) is 7.35. The molecule has 0 aromatic carbocycles. The van der Waals surface area contributed by atoms with Gasteiger partial charge in [-0.2, -0.15) is 11.8 Å². The van der Waals surface area contributed by atoms with Crippen LogP contribution in [0.5, 0.6) is 0 Å². The average molecular weight is 260 g/mol. The zero-order valence-corrected chi connectivity index (χ0v) is 13.4. The molecule has 0 aromatic rings. The molecule has 0 bridgehead atoms. The first-order valence-electron chi connectivity index (χ1n) is 7.40. The Balaban J connectivity index is 4.33. The molecule has 1 nitrogen and oxygen atoms in total. The topological polar surface area (TPSA) is 12.0 Å². The van der Waals surface area contributed by atoms with Crippen molar-refractivity contribution in [2.45, 2.75) is 64.5 Å². The minimum absolute atomic E-state index is 0.851. The molecule has 0 spiro atoms. The van der Waals surface area contributed by atoms with E-state index in [4.69, 9.17) is 0 Å². The van der Waals surface area contributed by atoms with Crippen LogP contribution in [0.25, 0.3) is 0 Å². The fourth-order valence-electron chi connectivity index (χ4n) is 2.71. The summed E-state index contributed by atoms with van der Waals surface area (Å²) in [5.41, 5.74) is 0. The molecular weight excluding hydrogens is 226 g/mol. The maximum Gasteiger partial charge on any atom is 0.00448 e. The summed E-state index contributed by atoms with van der Waals surface area (Å²) in [6.07, 6.45) is 10.5. The quantitative estimate of drug-likeness (QED) is 0.583. The van der Waals surface area contributed by atoms with Crippen LogP contribution in [0.2, 0.25) is 0 Å². The van der Waals surface area contributed by atoms with E-state index in [1.807, 2.05) is 11.8 Å². The summed E-state index contributed by atoms with van der Waals surface area (Å²) in [7, 11) is 2.10. The lowest BCUT2D eigenvalue weighted by atomic mass is 9.82. The van der Waals surface area contributed by atoms with Gasteiger partial charge in [0.1, 0.15) is 0 Å². The van der Waals surface area contributed by atoms with Gasteiger partial charge in [-0.15, -0.1) is 0 Å². The zero-order chi connectivity index (χ0) is 13.1. The first-order chi connectivity index (χ1) is 8.23. The highest BCUT2D eigenvalue weighted by molar-refractivity contribution is 7.99. The van der Waals surface area contributed by atoms with Crippen LogP contribution in [0.1, 0.15) is 59.3 Å². The van der Waals surface area contributed by atoms with Crippen molar-refractivity contribution >= 4 is 11.8 Å². The summed E-state index contributed by atoms with van der Waals surface area (Å²) in [4.78, 5) is 0. The smallest absolute Gasteiger partial charge is 0.00448 e. The van der Waals surface area contributed by atoms with Gasteiger partial charge in [-0.1, -0.05) is 46.5 Å². The molecule has 0 aliphatic rings. The summed E-state index contributed by atoms with van der Waals surface area (Å²) >= 11 is 2.05. The lowest BCUT2D eigenvalue weighted by Crippen LogP contribution is -2.28. The van der Waals surface area contributed by atoms with Gasteiger partial charge in [0.05, 0.1) is 0 Å². The first kappa shape index (κ1) is 17.3. The minimum Gasteiger partial charge on any atom is -0.319 e. The second kappa shape index (κ2) is 11.4. The predicted molar refractivity (Wildman–Crippen MR) is 82.9 cm³/mol. The molecule has 0 radical (unpaired) electrons. The highest BCUT2D eigenvalue weighted by atomic mass is 32.2. The number of unbranched alkanes of at least 4 members (excludes halogenated alkanes) is 1. The Bertz CT molecular complexity index is 157. The summed E-state index contributed by atoms with van der Waals surface area (Å²) in [5.74, 6) is 1.79. The van der Waals surface area contributed by atoms with Gasteiger partial charge in [0.15, 0.2) is 0 Å². The second-order valence-electron chi connectivity index (χ2n) is 5.13. The maximum absolute atomic E-state index is 3.40. The number of hydrogen-bond acceptors (Lipinski definition) is 2. The van der Waals surface area contributed by atoms with Gasteiger partial charge in [-0.05, 0) is 44.5 Å². The lowest BCUT2D eigenvalue weighted by Gasteiger charge is -2.29.